The van der Waals surface area contributed by atoms with E-state index in [1.807, 2.05) is 11.4 Å². The van der Waals surface area contributed by atoms with Crippen molar-refractivity contribution >= 4 is 33.0 Å². The highest BCUT2D eigenvalue weighted by Gasteiger charge is 2.22. The van der Waals surface area contributed by atoms with Gasteiger partial charge in [0.2, 0.25) is 15.9 Å². The number of anilines is 1. The Morgan fingerprint density at radius 2 is 1.92 bits per heavy atom. The van der Waals surface area contributed by atoms with E-state index < -0.39 is 15.6 Å². The van der Waals surface area contributed by atoms with Gasteiger partial charge in [-0.15, -0.1) is 11.3 Å². The molecule has 0 aliphatic rings. The zero-order valence-electron chi connectivity index (χ0n) is 14.7. The molecular weight excluding hydrogens is 356 g/mol. The average molecular weight is 381 g/mol. The number of thiophene rings is 1. The van der Waals surface area contributed by atoms with Crippen LogP contribution in [0.3, 0.4) is 0 Å². The molecule has 2 rings (SSSR count). The molecule has 0 unspecified atom stereocenters. The van der Waals surface area contributed by atoms with E-state index in [4.69, 9.17) is 0 Å². The smallest absolute Gasteiger partial charge is 0.241 e. The molecule has 0 saturated carbocycles. The number of sulfonamides is 1. The summed E-state index contributed by atoms with van der Waals surface area (Å²) in [5.41, 5.74) is -0.0854. The standard InChI is InChI=1S/C18H24N2O3S2/c1-18(2,3)20-25(22,23)16-10-4-7-14(13-16)19-17(21)11-5-8-15-9-6-12-24-15/h4,6-7,9-10,12-13,20H,5,8,11H2,1-3H3,(H,19,21). The maximum Gasteiger partial charge on any atom is 0.241 e. The van der Waals surface area contributed by atoms with Crippen molar-refractivity contribution in [2.45, 2.75) is 50.5 Å². The van der Waals surface area contributed by atoms with Gasteiger partial charge in [-0.2, -0.15) is 0 Å². The molecule has 0 fully saturated rings. The van der Waals surface area contributed by atoms with Crippen LogP contribution >= 0.6 is 11.3 Å². The molecule has 1 aromatic heterocycles. The molecule has 0 saturated heterocycles. The van der Waals surface area contributed by atoms with E-state index in [0.717, 1.165) is 12.8 Å². The number of carbonyl (C=O) groups is 1. The van der Waals surface area contributed by atoms with Crippen LogP contribution < -0.4 is 10.0 Å². The first-order chi connectivity index (χ1) is 11.7. The van der Waals surface area contributed by atoms with Gasteiger partial charge < -0.3 is 5.32 Å². The Hall–Kier alpha value is -1.70. The molecule has 1 amide bonds. The summed E-state index contributed by atoms with van der Waals surface area (Å²) in [6.07, 6.45) is 2.03. The summed E-state index contributed by atoms with van der Waals surface area (Å²) >= 11 is 1.68. The lowest BCUT2D eigenvalue weighted by Crippen LogP contribution is -2.40. The minimum Gasteiger partial charge on any atom is -0.326 e. The predicted molar refractivity (Wildman–Crippen MR) is 102 cm³/mol. The highest BCUT2D eigenvalue weighted by molar-refractivity contribution is 7.89. The van der Waals surface area contributed by atoms with Gasteiger partial charge in [0, 0.05) is 22.5 Å². The molecule has 1 aromatic carbocycles. The highest BCUT2D eigenvalue weighted by Crippen LogP contribution is 2.18. The first-order valence-electron chi connectivity index (χ1n) is 8.12. The quantitative estimate of drug-likeness (QED) is 0.767. The van der Waals surface area contributed by atoms with Crippen LogP contribution in [0.4, 0.5) is 5.69 Å². The Kier molecular flexibility index (Phi) is 6.37. The van der Waals surface area contributed by atoms with Crippen LogP contribution in [-0.4, -0.2) is 19.9 Å². The van der Waals surface area contributed by atoms with E-state index in [1.165, 1.54) is 17.0 Å². The molecule has 0 aliphatic heterocycles. The molecule has 5 nitrogen and oxygen atoms in total. The molecule has 0 spiro atoms. The summed E-state index contributed by atoms with van der Waals surface area (Å²) in [4.78, 5) is 13.5. The minimum atomic E-state index is -3.62. The maximum atomic E-state index is 12.4. The molecule has 2 aromatic rings. The van der Waals surface area contributed by atoms with Crippen molar-refractivity contribution in [3.63, 3.8) is 0 Å². The van der Waals surface area contributed by atoms with E-state index in [2.05, 4.69) is 16.1 Å². The van der Waals surface area contributed by atoms with Crippen molar-refractivity contribution in [3.8, 4) is 0 Å². The largest absolute Gasteiger partial charge is 0.326 e. The average Bonchev–Trinajstić information content (AvgIpc) is 2.98. The number of aryl methyl sites for hydroxylation is 1. The van der Waals surface area contributed by atoms with Crippen molar-refractivity contribution in [2.75, 3.05) is 5.32 Å². The van der Waals surface area contributed by atoms with Crippen LogP contribution in [0.15, 0.2) is 46.7 Å². The van der Waals surface area contributed by atoms with Crippen LogP contribution in [0.5, 0.6) is 0 Å². The fourth-order valence-electron chi connectivity index (χ4n) is 2.30. The van der Waals surface area contributed by atoms with Gasteiger partial charge in [-0.1, -0.05) is 12.1 Å². The third-order valence-corrected chi connectivity index (χ3v) is 5.97. The number of rotatable bonds is 7. The second kappa shape index (κ2) is 8.12. The summed E-state index contributed by atoms with van der Waals surface area (Å²) in [6, 6.07) is 10.4. The lowest BCUT2D eigenvalue weighted by atomic mass is 10.1. The zero-order valence-corrected chi connectivity index (χ0v) is 16.3. The summed E-state index contributed by atoms with van der Waals surface area (Å²) < 4.78 is 27.3. The molecular formula is C18H24N2O3S2. The van der Waals surface area contributed by atoms with Gasteiger partial charge >= 0.3 is 0 Å². The normalized spacial score (nSPS) is 12.1. The molecule has 1 heterocycles. The van der Waals surface area contributed by atoms with Gasteiger partial charge in [0.1, 0.15) is 0 Å². The number of nitrogens with one attached hydrogen (secondary N) is 2. The van der Waals surface area contributed by atoms with Gasteiger partial charge in [0.25, 0.3) is 0 Å². The van der Waals surface area contributed by atoms with Crippen molar-refractivity contribution in [1.82, 2.24) is 4.72 Å². The monoisotopic (exact) mass is 380 g/mol. The van der Waals surface area contributed by atoms with Gasteiger partial charge in [-0.25, -0.2) is 13.1 Å². The van der Waals surface area contributed by atoms with E-state index in [9.17, 15) is 13.2 Å². The third kappa shape index (κ3) is 6.61. The highest BCUT2D eigenvalue weighted by atomic mass is 32.2. The number of hydrogen-bond donors (Lipinski definition) is 2. The van der Waals surface area contributed by atoms with Gasteiger partial charge in [-0.05, 0) is 63.3 Å². The lowest BCUT2D eigenvalue weighted by Gasteiger charge is -2.20. The van der Waals surface area contributed by atoms with Crippen molar-refractivity contribution in [1.29, 1.82) is 0 Å². The summed E-state index contributed by atoms with van der Waals surface area (Å²) in [7, 11) is -3.62. The van der Waals surface area contributed by atoms with Gasteiger partial charge in [-0.3, -0.25) is 4.79 Å². The van der Waals surface area contributed by atoms with Crippen LogP contribution in [-0.2, 0) is 21.2 Å². The fraction of sp³-hybridized carbons (Fsp3) is 0.389. The van der Waals surface area contributed by atoms with Crippen molar-refractivity contribution in [2.24, 2.45) is 0 Å². The zero-order chi connectivity index (χ0) is 18.5. The first-order valence-corrected chi connectivity index (χ1v) is 10.5. The Morgan fingerprint density at radius 1 is 1.16 bits per heavy atom. The van der Waals surface area contributed by atoms with Crippen LogP contribution in [0.1, 0.15) is 38.5 Å². The molecule has 0 bridgehead atoms. The minimum absolute atomic E-state index is 0.116. The number of hydrogen-bond acceptors (Lipinski definition) is 4. The number of carbonyl (C=O) groups excluding carboxylic acids is 1. The predicted octanol–water partition coefficient (Wildman–Crippen LogP) is 3.79. The van der Waals surface area contributed by atoms with E-state index in [1.54, 1.807) is 44.2 Å². The lowest BCUT2D eigenvalue weighted by molar-refractivity contribution is -0.116. The Morgan fingerprint density at radius 3 is 2.56 bits per heavy atom. The van der Waals surface area contributed by atoms with Gasteiger partial charge in [0.15, 0.2) is 0 Å². The molecule has 2 N–H and O–H groups in total. The summed E-state index contributed by atoms with van der Waals surface area (Å²) in [6.45, 7) is 5.34. The Bertz CT molecular complexity index is 807. The SMILES string of the molecule is CC(C)(C)NS(=O)(=O)c1cccc(NC(=O)CCCc2cccs2)c1. The van der Waals surface area contributed by atoms with E-state index in [0.29, 0.717) is 12.1 Å². The number of amides is 1. The van der Waals surface area contributed by atoms with Crippen LogP contribution in [0.2, 0.25) is 0 Å². The van der Waals surface area contributed by atoms with Crippen molar-refractivity contribution < 1.29 is 13.2 Å². The number of benzene rings is 1. The summed E-state index contributed by atoms with van der Waals surface area (Å²) in [5.74, 6) is -0.116. The van der Waals surface area contributed by atoms with Crippen LogP contribution in [0.25, 0.3) is 0 Å². The van der Waals surface area contributed by atoms with E-state index in [-0.39, 0.29) is 10.8 Å². The van der Waals surface area contributed by atoms with E-state index >= 15 is 0 Å². The molecule has 25 heavy (non-hydrogen) atoms. The topological polar surface area (TPSA) is 75.3 Å². The maximum absolute atomic E-state index is 12.4. The third-order valence-electron chi connectivity index (χ3n) is 3.28. The molecule has 0 radical (unpaired) electrons. The molecule has 0 atom stereocenters. The molecule has 136 valence electrons. The summed E-state index contributed by atoms with van der Waals surface area (Å²) in [5, 5.41) is 4.79. The molecule has 0 aliphatic carbocycles. The van der Waals surface area contributed by atoms with Crippen molar-refractivity contribution in [3.05, 3.63) is 46.7 Å². The van der Waals surface area contributed by atoms with Crippen LogP contribution in [0, 0.1) is 0 Å². The Balaban J connectivity index is 1.95. The Labute approximate surface area is 153 Å². The van der Waals surface area contributed by atoms with Gasteiger partial charge in [0.05, 0.1) is 4.90 Å². The molecule has 7 heteroatoms. The second-order valence-electron chi connectivity index (χ2n) is 6.86. The second-order valence-corrected chi connectivity index (χ2v) is 9.58. The fourth-order valence-corrected chi connectivity index (χ4v) is 4.52. The first kappa shape index (κ1) is 19.6.